The van der Waals surface area contributed by atoms with Gasteiger partial charge in [0.25, 0.3) is 0 Å². The molecule has 0 saturated carbocycles. The second-order valence-electron chi connectivity index (χ2n) is 6.38. The van der Waals surface area contributed by atoms with Crippen LogP contribution in [0.5, 0.6) is 5.75 Å². The number of hydrogen-bond acceptors (Lipinski definition) is 4. The predicted molar refractivity (Wildman–Crippen MR) is 92.2 cm³/mol. The minimum atomic E-state index is -0.255. The van der Waals surface area contributed by atoms with Gasteiger partial charge < -0.3 is 19.4 Å². The van der Waals surface area contributed by atoms with Crippen LogP contribution < -0.4 is 9.64 Å². The first-order valence-corrected chi connectivity index (χ1v) is 8.55. The molecule has 0 unspecified atom stereocenters. The van der Waals surface area contributed by atoms with E-state index in [-0.39, 0.29) is 17.9 Å². The Hall–Kier alpha value is -2.24. The van der Waals surface area contributed by atoms with Crippen LogP contribution in [0.15, 0.2) is 24.3 Å². The molecule has 0 N–H and O–H groups in total. The van der Waals surface area contributed by atoms with Crippen molar-refractivity contribution in [1.82, 2.24) is 9.80 Å². The van der Waals surface area contributed by atoms with Gasteiger partial charge in [-0.3, -0.25) is 9.59 Å². The van der Waals surface area contributed by atoms with Crippen molar-refractivity contribution >= 4 is 17.5 Å². The Labute approximate surface area is 143 Å². The van der Waals surface area contributed by atoms with Gasteiger partial charge in [0, 0.05) is 45.3 Å². The molecular formula is C18H25N3O3. The van der Waals surface area contributed by atoms with Gasteiger partial charge in [-0.05, 0) is 37.1 Å². The quantitative estimate of drug-likeness (QED) is 0.839. The molecule has 1 aromatic carbocycles. The van der Waals surface area contributed by atoms with E-state index in [0.29, 0.717) is 19.6 Å². The van der Waals surface area contributed by atoms with Gasteiger partial charge in [-0.25, -0.2) is 0 Å². The molecule has 6 nitrogen and oxygen atoms in total. The molecule has 1 aromatic rings. The lowest BCUT2D eigenvalue weighted by Crippen LogP contribution is -2.54. The van der Waals surface area contributed by atoms with Crippen molar-refractivity contribution in [3.63, 3.8) is 0 Å². The third kappa shape index (κ3) is 3.32. The predicted octanol–water partition coefficient (Wildman–Crippen LogP) is 1.35. The first-order valence-electron chi connectivity index (χ1n) is 8.55. The topological polar surface area (TPSA) is 53.1 Å². The standard InChI is InChI=1S/C18H25N3O3/c1-14(22)21-9-3-4-17(21)18(23)20-12-10-19(11-13-20)15-5-7-16(24-2)8-6-15/h5-8,17H,3-4,9-13H2,1-2H3/t17-/m1/s1. The highest BCUT2D eigenvalue weighted by Gasteiger charge is 2.36. The van der Waals surface area contributed by atoms with Crippen molar-refractivity contribution in [2.75, 3.05) is 44.7 Å². The van der Waals surface area contributed by atoms with Gasteiger partial charge in [0.2, 0.25) is 11.8 Å². The maximum atomic E-state index is 12.7. The van der Waals surface area contributed by atoms with Gasteiger partial charge in [0.1, 0.15) is 11.8 Å². The first-order chi connectivity index (χ1) is 11.6. The number of hydrogen-bond donors (Lipinski definition) is 0. The number of amides is 2. The summed E-state index contributed by atoms with van der Waals surface area (Å²) in [5.74, 6) is 0.956. The average molecular weight is 331 g/mol. The summed E-state index contributed by atoms with van der Waals surface area (Å²) in [4.78, 5) is 30.3. The van der Waals surface area contributed by atoms with Gasteiger partial charge in [0.05, 0.1) is 7.11 Å². The van der Waals surface area contributed by atoms with Crippen LogP contribution in [-0.4, -0.2) is 67.5 Å². The van der Waals surface area contributed by atoms with Crippen LogP contribution in [0, 0.1) is 0 Å². The van der Waals surface area contributed by atoms with Crippen molar-refractivity contribution in [2.24, 2.45) is 0 Å². The minimum Gasteiger partial charge on any atom is -0.497 e. The summed E-state index contributed by atoms with van der Waals surface area (Å²) in [5, 5.41) is 0. The van der Waals surface area contributed by atoms with Crippen LogP contribution in [0.3, 0.4) is 0 Å². The fourth-order valence-electron chi connectivity index (χ4n) is 3.59. The lowest BCUT2D eigenvalue weighted by Gasteiger charge is -2.38. The molecule has 1 atom stereocenters. The molecule has 6 heteroatoms. The lowest BCUT2D eigenvalue weighted by molar-refractivity contribution is -0.143. The summed E-state index contributed by atoms with van der Waals surface area (Å²) in [5.41, 5.74) is 1.15. The molecule has 0 radical (unpaired) electrons. The van der Waals surface area contributed by atoms with Gasteiger partial charge in [-0.15, -0.1) is 0 Å². The molecule has 0 spiro atoms. The fraction of sp³-hybridized carbons (Fsp3) is 0.556. The van der Waals surface area contributed by atoms with Crippen molar-refractivity contribution in [1.29, 1.82) is 0 Å². The second kappa shape index (κ2) is 7.11. The van der Waals surface area contributed by atoms with E-state index in [2.05, 4.69) is 4.90 Å². The molecule has 2 aliphatic rings. The fourth-order valence-corrected chi connectivity index (χ4v) is 3.59. The summed E-state index contributed by atoms with van der Waals surface area (Å²) < 4.78 is 5.19. The number of anilines is 1. The Bertz CT molecular complexity index is 594. The number of nitrogens with zero attached hydrogens (tertiary/aromatic N) is 3. The number of carbonyl (C=O) groups excluding carboxylic acids is 2. The van der Waals surface area contributed by atoms with E-state index in [1.807, 2.05) is 29.2 Å². The summed E-state index contributed by atoms with van der Waals surface area (Å²) in [6, 6.07) is 7.75. The Balaban J connectivity index is 1.58. The normalized spacial score (nSPS) is 21.1. The molecule has 0 aromatic heterocycles. The zero-order chi connectivity index (χ0) is 17.1. The Morgan fingerprint density at radius 2 is 1.71 bits per heavy atom. The smallest absolute Gasteiger partial charge is 0.245 e. The summed E-state index contributed by atoms with van der Waals surface area (Å²) in [6.07, 6.45) is 1.71. The number of benzene rings is 1. The molecule has 2 heterocycles. The Morgan fingerprint density at radius 3 is 2.29 bits per heavy atom. The highest BCUT2D eigenvalue weighted by Crippen LogP contribution is 2.23. The van der Waals surface area contributed by atoms with Crippen LogP contribution in [0.25, 0.3) is 0 Å². The summed E-state index contributed by atoms with van der Waals surface area (Å²) >= 11 is 0. The Kier molecular flexibility index (Phi) is 4.92. The molecule has 2 saturated heterocycles. The van der Waals surface area contributed by atoms with Crippen LogP contribution in [-0.2, 0) is 9.59 Å². The monoisotopic (exact) mass is 331 g/mol. The van der Waals surface area contributed by atoms with E-state index in [4.69, 9.17) is 4.74 Å². The summed E-state index contributed by atoms with van der Waals surface area (Å²) in [7, 11) is 1.66. The average Bonchev–Trinajstić information content (AvgIpc) is 3.11. The van der Waals surface area contributed by atoms with Crippen LogP contribution in [0.1, 0.15) is 19.8 Å². The number of carbonyl (C=O) groups is 2. The molecule has 130 valence electrons. The third-order valence-corrected chi connectivity index (χ3v) is 4.97. The van der Waals surface area contributed by atoms with Gasteiger partial charge in [-0.1, -0.05) is 0 Å². The number of rotatable bonds is 3. The van der Waals surface area contributed by atoms with Crippen LogP contribution in [0.2, 0.25) is 0 Å². The molecule has 2 fully saturated rings. The van der Waals surface area contributed by atoms with E-state index < -0.39 is 0 Å². The lowest BCUT2D eigenvalue weighted by atomic mass is 10.1. The van der Waals surface area contributed by atoms with Crippen LogP contribution in [0.4, 0.5) is 5.69 Å². The van der Waals surface area contributed by atoms with Gasteiger partial charge >= 0.3 is 0 Å². The largest absolute Gasteiger partial charge is 0.497 e. The number of methoxy groups -OCH3 is 1. The van der Waals surface area contributed by atoms with E-state index >= 15 is 0 Å². The van der Waals surface area contributed by atoms with Gasteiger partial charge in [0.15, 0.2) is 0 Å². The molecule has 0 bridgehead atoms. The number of ether oxygens (including phenoxy) is 1. The Morgan fingerprint density at radius 1 is 1.04 bits per heavy atom. The molecule has 0 aliphatic carbocycles. The van der Waals surface area contributed by atoms with Crippen molar-refractivity contribution in [2.45, 2.75) is 25.8 Å². The minimum absolute atomic E-state index is 0.00252. The number of piperazine rings is 1. The first kappa shape index (κ1) is 16.6. The molecule has 2 amide bonds. The van der Waals surface area contributed by atoms with Crippen molar-refractivity contribution in [3.05, 3.63) is 24.3 Å². The SMILES string of the molecule is COc1ccc(N2CCN(C(=O)[C@H]3CCCN3C(C)=O)CC2)cc1. The second-order valence-corrected chi connectivity index (χ2v) is 6.38. The van der Waals surface area contributed by atoms with Crippen LogP contribution >= 0.6 is 0 Å². The van der Waals surface area contributed by atoms with Crippen molar-refractivity contribution < 1.29 is 14.3 Å². The maximum absolute atomic E-state index is 12.7. The van der Waals surface area contributed by atoms with E-state index in [1.165, 1.54) is 0 Å². The molecule has 2 aliphatic heterocycles. The zero-order valence-electron chi connectivity index (χ0n) is 14.4. The zero-order valence-corrected chi connectivity index (χ0v) is 14.4. The maximum Gasteiger partial charge on any atom is 0.245 e. The van der Waals surface area contributed by atoms with E-state index in [1.54, 1.807) is 18.9 Å². The molecule has 3 rings (SSSR count). The highest BCUT2D eigenvalue weighted by molar-refractivity contribution is 5.87. The third-order valence-electron chi connectivity index (χ3n) is 4.97. The molecular weight excluding hydrogens is 306 g/mol. The highest BCUT2D eigenvalue weighted by atomic mass is 16.5. The molecule has 24 heavy (non-hydrogen) atoms. The van der Waals surface area contributed by atoms with E-state index in [0.717, 1.165) is 37.4 Å². The van der Waals surface area contributed by atoms with Crippen molar-refractivity contribution in [3.8, 4) is 5.75 Å². The van der Waals surface area contributed by atoms with Gasteiger partial charge in [-0.2, -0.15) is 0 Å². The summed E-state index contributed by atoms with van der Waals surface area (Å²) in [6.45, 7) is 5.28. The number of likely N-dealkylation sites (tertiary alicyclic amines) is 1. The van der Waals surface area contributed by atoms with E-state index in [9.17, 15) is 9.59 Å².